The number of nitrogens with zero attached hydrogens (tertiary/aromatic N) is 2. The van der Waals surface area contributed by atoms with Crippen LogP contribution in [0.5, 0.6) is 0 Å². The maximum Gasteiger partial charge on any atom is 0.0547 e. The third-order valence-electron chi connectivity index (χ3n) is 12.3. The number of benzene rings is 11. The lowest BCUT2D eigenvalue weighted by Crippen LogP contribution is -2.09. The molecule has 0 saturated carbocycles. The SMILES string of the molecule is c1ccc(N(c2ccc(-c3ccc4c(ccc5ccccc54)c3)cc2)c2cccc(-c3cccc4c3c3ccccc3n4-c3cc4ccccc4c4ccccc34)c2)cc1. The van der Waals surface area contributed by atoms with Gasteiger partial charge in [0, 0.05) is 33.2 Å². The molecule has 0 saturated heterocycles. The zero-order chi connectivity index (χ0) is 39.6. The molecule has 0 bridgehead atoms. The molecule has 0 aliphatic rings. The van der Waals surface area contributed by atoms with Gasteiger partial charge in [-0.25, -0.2) is 0 Å². The molecule has 0 amide bonds. The van der Waals surface area contributed by atoms with Crippen molar-refractivity contribution in [3.8, 4) is 27.9 Å². The maximum atomic E-state index is 2.47. The first-order chi connectivity index (χ1) is 29.8. The summed E-state index contributed by atoms with van der Waals surface area (Å²) in [5, 5.41) is 12.6. The first kappa shape index (κ1) is 34.1. The molecule has 2 nitrogen and oxygen atoms in total. The molecule has 11 aromatic carbocycles. The van der Waals surface area contributed by atoms with Crippen molar-refractivity contribution in [3.05, 3.63) is 231 Å². The Balaban J connectivity index is 0.986. The summed E-state index contributed by atoms with van der Waals surface area (Å²) < 4.78 is 2.47. The zero-order valence-corrected chi connectivity index (χ0v) is 32.8. The van der Waals surface area contributed by atoms with Gasteiger partial charge in [-0.1, -0.05) is 170 Å². The van der Waals surface area contributed by atoms with Crippen LogP contribution in [0.2, 0.25) is 0 Å². The summed E-state index contributed by atoms with van der Waals surface area (Å²) in [6.07, 6.45) is 0. The molecule has 12 aromatic rings. The Morgan fingerprint density at radius 1 is 0.283 bits per heavy atom. The van der Waals surface area contributed by atoms with E-state index < -0.39 is 0 Å². The van der Waals surface area contributed by atoms with Crippen molar-refractivity contribution in [2.45, 2.75) is 0 Å². The van der Waals surface area contributed by atoms with Gasteiger partial charge in [-0.2, -0.15) is 0 Å². The van der Waals surface area contributed by atoms with Gasteiger partial charge in [-0.05, 0) is 121 Å². The Bertz CT molecular complexity index is 3600. The van der Waals surface area contributed by atoms with E-state index in [0.29, 0.717) is 0 Å². The monoisotopic (exact) mass is 762 g/mol. The molecular formula is C58H38N2. The number of aromatic nitrogens is 1. The Hall–Kier alpha value is -7.94. The molecule has 1 heterocycles. The lowest BCUT2D eigenvalue weighted by Gasteiger charge is -2.26. The molecular weight excluding hydrogens is 725 g/mol. The molecule has 0 fully saturated rings. The van der Waals surface area contributed by atoms with Crippen LogP contribution in [0.1, 0.15) is 0 Å². The van der Waals surface area contributed by atoms with Crippen LogP contribution in [-0.2, 0) is 0 Å². The van der Waals surface area contributed by atoms with E-state index >= 15 is 0 Å². The van der Waals surface area contributed by atoms with Crippen molar-refractivity contribution < 1.29 is 0 Å². The highest BCUT2D eigenvalue weighted by atomic mass is 15.1. The predicted molar refractivity (Wildman–Crippen MR) is 256 cm³/mol. The van der Waals surface area contributed by atoms with Crippen molar-refractivity contribution in [1.82, 2.24) is 4.57 Å². The molecule has 0 spiro atoms. The van der Waals surface area contributed by atoms with Gasteiger partial charge < -0.3 is 9.47 Å². The van der Waals surface area contributed by atoms with E-state index in [0.717, 1.165) is 17.1 Å². The van der Waals surface area contributed by atoms with E-state index in [1.54, 1.807) is 0 Å². The van der Waals surface area contributed by atoms with Crippen LogP contribution >= 0.6 is 0 Å². The highest BCUT2D eigenvalue weighted by Gasteiger charge is 2.20. The van der Waals surface area contributed by atoms with Crippen molar-refractivity contribution in [3.63, 3.8) is 0 Å². The summed E-state index contributed by atoms with van der Waals surface area (Å²) in [5.41, 5.74) is 11.7. The molecule has 0 radical (unpaired) electrons. The normalized spacial score (nSPS) is 11.7. The number of fused-ring (bicyclic) bond motifs is 9. The second-order valence-electron chi connectivity index (χ2n) is 15.7. The molecule has 0 atom stereocenters. The quantitative estimate of drug-likeness (QED) is 0.153. The van der Waals surface area contributed by atoms with Gasteiger partial charge in [0.2, 0.25) is 0 Å². The standard InChI is InChI=1S/C58H38N2/c1-2-17-45(18-3-1)59(46-33-30-39(31-34-46)41-32-35-50-44(36-41)29-28-40-14-4-6-20-48(40)50)47-19-12-16-42(37-47)51-25-13-27-56-58(51)54-24-10-11-26-55(54)60(56)57-38-43-15-5-7-21-49(43)52-22-8-9-23-53(52)57/h1-38H. The number of hydrogen-bond acceptors (Lipinski definition) is 1. The molecule has 0 aliphatic heterocycles. The van der Waals surface area contributed by atoms with E-state index in [2.05, 4.69) is 240 Å². The molecule has 0 aliphatic carbocycles. The summed E-state index contributed by atoms with van der Waals surface area (Å²) in [6, 6.07) is 84.2. The second-order valence-corrected chi connectivity index (χ2v) is 15.7. The Morgan fingerprint density at radius 3 is 1.68 bits per heavy atom. The van der Waals surface area contributed by atoms with Gasteiger partial charge in [0.15, 0.2) is 0 Å². The van der Waals surface area contributed by atoms with E-state index in [4.69, 9.17) is 0 Å². The Kier molecular flexibility index (Phi) is 7.89. The van der Waals surface area contributed by atoms with Gasteiger partial charge in [0.1, 0.15) is 0 Å². The van der Waals surface area contributed by atoms with Gasteiger partial charge >= 0.3 is 0 Å². The van der Waals surface area contributed by atoms with Crippen molar-refractivity contribution in [2.75, 3.05) is 4.90 Å². The van der Waals surface area contributed by atoms with Crippen LogP contribution in [0.4, 0.5) is 17.1 Å². The number of rotatable bonds is 6. The summed E-state index contributed by atoms with van der Waals surface area (Å²) in [4.78, 5) is 2.37. The van der Waals surface area contributed by atoms with Gasteiger partial charge in [-0.3, -0.25) is 0 Å². The van der Waals surface area contributed by atoms with E-state index in [1.165, 1.54) is 92.8 Å². The number of hydrogen-bond donors (Lipinski definition) is 0. The van der Waals surface area contributed by atoms with Crippen molar-refractivity contribution in [2.24, 2.45) is 0 Å². The summed E-state index contributed by atoms with van der Waals surface area (Å²) in [6.45, 7) is 0. The average molecular weight is 763 g/mol. The van der Waals surface area contributed by atoms with Gasteiger partial charge in [0.25, 0.3) is 0 Å². The fourth-order valence-corrected chi connectivity index (χ4v) is 9.57. The molecule has 280 valence electrons. The Morgan fingerprint density at radius 2 is 0.850 bits per heavy atom. The summed E-state index contributed by atoms with van der Waals surface area (Å²) in [7, 11) is 0. The van der Waals surface area contributed by atoms with E-state index in [-0.39, 0.29) is 0 Å². The second kappa shape index (κ2) is 13.9. The minimum absolute atomic E-state index is 1.10. The number of anilines is 3. The fourth-order valence-electron chi connectivity index (χ4n) is 9.57. The summed E-state index contributed by atoms with van der Waals surface area (Å²) >= 11 is 0. The first-order valence-corrected chi connectivity index (χ1v) is 20.7. The van der Waals surface area contributed by atoms with Crippen LogP contribution < -0.4 is 4.90 Å². The van der Waals surface area contributed by atoms with Gasteiger partial charge in [-0.15, -0.1) is 0 Å². The third kappa shape index (κ3) is 5.50. The third-order valence-corrected chi connectivity index (χ3v) is 12.3. The predicted octanol–water partition coefficient (Wildman–Crippen LogP) is 16.2. The molecule has 0 unspecified atom stereocenters. The first-order valence-electron chi connectivity index (χ1n) is 20.7. The Labute approximate surface area is 348 Å². The average Bonchev–Trinajstić information content (AvgIpc) is 3.66. The minimum atomic E-state index is 1.10. The van der Waals surface area contributed by atoms with Gasteiger partial charge in [0.05, 0.1) is 16.7 Å². The molecule has 0 N–H and O–H groups in total. The summed E-state index contributed by atoms with van der Waals surface area (Å²) in [5.74, 6) is 0. The fraction of sp³-hybridized carbons (Fsp3) is 0. The van der Waals surface area contributed by atoms with Crippen LogP contribution in [0.3, 0.4) is 0 Å². The van der Waals surface area contributed by atoms with E-state index in [1.807, 2.05) is 0 Å². The lowest BCUT2D eigenvalue weighted by molar-refractivity contribution is 1.20. The molecule has 12 rings (SSSR count). The largest absolute Gasteiger partial charge is 0.310 e. The highest BCUT2D eigenvalue weighted by molar-refractivity contribution is 6.18. The number of para-hydroxylation sites is 2. The van der Waals surface area contributed by atoms with Crippen molar-refractivity contribution in [1.29, 1.82) is 0 Å². The molecule has 2 heteroatoms. The minimum Gasteiger partial charge on any atom is -0.310 e. The molecule has 60 heavy (non-hydrogen) atoms. The van der Waals surface area contributed by atoms with Crippen LogP contribution in [0, 0.1) is 0 Å². The smallest absolute Gasteiger partial charge is 0.0547 e. The highest BCUT2D eigenvalue weighted by Crippen LogP contribution is 2.43. The van der Waals surface area contributed by atoms with Crippen LogP contribution in [0.25, 0.3) is 92.8 Å². The lowest BCUT2D eigenvalue weighted by atomic mass is 9.97. The van der Waals surface area contributed by atoms with Crippen LogP contribution in [-0.4, -0.2) is 4.57 Å². The van der Waals surface area contributed by atoms with Crippen LogP contribution in [0.15, 0.2) is 231 Å². The van der Waals surface area contributed by atoms with E-state index in [9.17, 15) is 0 Å². The van der Waals surface area contributed by atoms with Crippen molar-refractivity contribution >= 4 is 82.0 Å². The topological polar surface area (TPSA) is 8.17 Å². The molecule has 1 aromatic heterocycles. The zero-order valence-electron chi connectivity index (χ0n) is 32.8. The maximum absolute atomic E-state index is 2.47.